The van der Waals surface area contributed by atoms with Crippen molar-refractivity contribution in [2.24, 2.45) is 4.99 Å². The van der Waals surface area contributed by atoms with Crippen LogP contribution in [0.25, 0.3) is 0 Å². The Hall–Kier alpha value is -1.33. The Bertz CT molecular complexity index is 740. The molecule has 0 saturated carbocycles. The SMILES string of the molecule is Cc1cc(O)c(C(C)C)cc1N=Cc1cc(Br)cc(Br)c1O. The van der Waals surface area contributed by atoms with Crippen LogP contribution in [-0.2, 0) is 0 Å². The van der Waals surface area contributed by atoms with Crippen LogP contribution in [-0.4, -0.2) is 16.4 Å². The summed E-state index contributed by atoms with van der Waals surface area (Å²) in [6.07, 6.45) is 1.62. The maximum atomic E-state index is 10.1. The van der Waals surface area contributed by atoms with Crippen molar-refractivity contribution in [2.75, 3.05) is 0 Å². The standard InChI is InChI=1S/C17H17Br2NO2/c1-9(2)13-7-15(10(3)4-16(13)21)20-8-11-5-12(18)6-14(19)17(11)22/h4-9,21-22H,1-3H3. The van der Waals surface area contributed by atoms with Crippen LogP contribution in [0.5, 0.6) is 11.5 Å². The Kier molecular flexibility index (Phi) is 5.29. The van der Waals surface area contributed by atoms with Crippen molar-refractivity contribution in [1.29, 1.82) is 0 Å². The zero-order valence-electron chi connectivity index (χ0n) is 12.6. The van der Waals surface area contributed by atoms with Gasteiger partial charge in [-0.1, -0.05) is 29.8 Å². The van der Waals surface area contributed by atoms with Gasteiger partial charge in [0.1, 0.15) is 11.5 Å². The van der Waals surface area contributed by atoms with E-state index in [4.69, 9.17) is 0 Å². The molecule has 0 radical (unpaired) electrons. The van der Waals surface area contributed by atoms with Crippen LogP contribution in [0.4, 0.5) is 5.69 Å². The summed E-state index contributed by atoms with van der Waals surface area (Å²) < 4.78 is 1.46. The molecule has 0 aliphatic rings. The molecule has 2 aromatic carbocycles. The van der Waals surface area contributed by atoms with E-state index in [1.54, 1.807) is 24.4 Å². The number of hydrogen-bond acceptors (Lipinski definition) is 3. The molecular formula is C17H17Br2NO2. The van der Waals surface area contributed by atoms with Crippen molar-refractivity contribution in [3.8, 4) is 11.5 Å². The number of rotatable bonds is 3. The molecule has 0 saturated heterocycles. The molecule has 0 spiro atoms. The maximum absolute atomic E-state index is 10.1. The molecule has 0 atom stereocenters. The molecule has 0 aliphatic carbocycles. The predicted molar refractivity (Wildman–Crippen MR) is 97.7 cm³/mol. The molecule has 0 unspecified atom stereocenters. The van der Waals surface area contributed by atoms with Crippen LogP contribution in [0.1, 0.15) is 36.5 Å². The van der Waals surface area contributed by atoms with Gasteiger partial charge >= 0.3 is 0 Å². The summed E-state index contributed by atoms with van der Waals surface area (Å²) in [5.74, 6) is 0.648. The predicted octanol–water partition coefficient (Wildman–Crippen LogP) is 5.81. The van der Waals surface area contributed by atoms with Gasteiger partial charge < -0.3 is 10.2 Å². The topological polar surface area (TPSA) is 52.8 Å². The van der Waals surface area contributed by atoms with Gasteiger partial charge in [-0.05, 0) is 64.2 Å². The molecule has 0 bridgehead atoms. The third-order valence-electron chi connectivity index (χ3n) is 3.37. The monoisotopic (exact) mass is 425 g/mol. The number of aromatic hydroxyl groups is 2. The minimum absolute atomic E-state index is 0.146. The largest absolute Gasteiger partial charge is 0.508 e. The fourth-order valence-electron chi connectivity index (χ4n) is 2.12. The Morgan fingerprint density at radius 3 is 2.41 bits per heavy atom. The first kappa shape index (κ1) is 17.0. The lowest BCUT2D eigenvalue weighted by atomic mass is 9.99. The average molecular weight is 427 g/mol. The summed E-state index contributed by atoms with van der Waals surface area (Å²) in [7, 11) is 0. The molecule has 116 valence electrons. The van der Waals surface area contributed by atoms with Crippen molar-refractivity contribution in [3.63, 3.8) is 0 Å². The van der Waals surface area contributed by atoms with Crippen molar-refractivity contribution in [3.05, 3.63) is 49.9 Å². The summed E-state index contributed by atoms with van der Waals surface area (Å²) in [5.41, 5.74) is 3.13. The number of phenols is 2. The minimum atomic E-state index is 0.146. The summed E-state index contributed by atoms with van der Waals surface area (Å²) >= 11 is 6.70. The van der Waals surface area contributed by atoms with E-state index >= 15 is 0 Å². The van der Waals surface area contributed by atoms with Gasteiger partial charge in [-0.2, -0.15) is 0 Å². The van der Waals surface area contributed by atoms with E-state index in [2.05, 4.69) is 36.9 Å². The quantitative estimate of drug-likeness (QED) is 0.608. The zero-order valence-corrected chi connectivity index (χ0v) is 15.7. The molecule has 0 aliphatic heterocycles. The molecule has 3 nitrogen and oxygen atoms in total. The molecule has 5 heteroatoms. The first-order valence-electron chi connectivity index (χ1n) is 6.85. The van der Waals surface area contributed by atoms with Gasteiger partial charge in [0, 0.05) is 16.3 Å². The number of phenolic OH excluding ortho intramolecular Hbond substituents is 2. The molecule has 2 rings (SSSR count). The van der Waals surface area contributed by atoms with E-state index < -0.39 is 0 Å². The van der Waals surface area contributed by atoms with Crippen LogP contribution >= 0.6 is 31.9 Å². The Morgan fingerprint density at radius 2 is 1.77 bits per heavy atom. The van der Waals surface area contributed by atoms with Gasteiger partial charge in [0.05, 0.1) is 10.2 Å². The molecule has 0 heterocycles. The maximum Gasteiger partial charge on any atom is 0.138 e. The highest BCUT2D eigenvalue weighted by atomic mass is 79.9. The lowest BCUT2D eigenvalue weighted by molar-refractivity contribution is 0.464. The van der Waals surface area contributed by atoms with Crippen LogP contribution in [0.2, 0.25) is 0 Å². The van der Waals surface area contributed by atoms with E-state index in [-0.39, 0.29) is 11.7 Å². The molecule has 0 amide bonds. The lowest BCUT2D eigenvalue weighted by Gasteiger charge is -2.11. The normalized spacial score (nSPS) is 11.5. The van der Waals surface area contributed by atoms with Crippen molar-refractivity contribution in [1.82, 2.24) is 0 Å². The zero-order chi connectivity index (χ0) is 16.4. The minimum Gasteiger partial charge on any atom is -0.508 e. The van der Waals surface area contributed by atoms with Crippen molar-refractivity contribution < 1.29 is 10.2 Å². The second-order valence-corrected chi connectivity index (χ2v) is 7.21. The molecule has 0 aromatic heterocycles. The Labute approximate surface area is 147 Å². The van der Waals surface area contributed by atoms with Gasteiger partial charge in [0.15, 0.2) is 0 Å². The van der Waals surface area contributed by atoms with Crippen LogP contribution in [0.3, 0.4) is 0 Å². The molecular weight excluding hydrogens is 410 g/mol. The van der Waals surface area contributed by atoms with Crippen molar-refractivity contribution in [2.45, 2.75) is 26.7 Å². The number of benzene rings is 2. The average Bonchev–Trinajstić information content (AvgIpc) is 2.42. The smallest absolute Gasteiger partial charge is 0.138 e. The third kappa shape index (κ3) is 3.70. The third-order valence-corrected chi connectivity index (χ3v) is 4.43. The Morgan fingerprint density at radius 1 is 1.09 bits per heavy atom. The van der Waals surface area contributed by atoms with E-state index in [1.807, 2.05) is 26.8 Å². The molecule has 0 fully saturated rings. The fraction of sp³-hybridized carbons (Fsp3) is 0.235. The molecule has 2 aromatic rings. The lowest BCUT2D eigenvalue weighted by Crippen LogP contribution is -1.90. The fourth-order valence-corrected chi connectivity index (χ4v) is 3.38. The first-order chi connectivity index (χ1) is 10.3. The van der Waals surface area contributed by atoms with Crippen LogP contribution in [0, 0.1) is 6.92 Å². The number of halogens is 2. The van der Waals surface area contributed by atoms with E-state index in [9.17, 15) is 10.2 Å². The van der Waals surface area contributed by atoms with Gasteiger partial charge in [-0.25, -0.2) is 0 Å². The summed E-state index contributed by atoms with van der Waals surface area (Å²) in [4.78, 5) is 4.47. The first-order valence-corrected chi connectivity index (χ1v) is 8.43. The number of nitrogens with zero attached hydrogens (tertiary/aromatic N) is 1. The number of hydrogen-bond donors (Lipinski definition) is 2. The highest BCUT2D eigenvalue weighted by Crippen LogP contribution is 2.34. The van der Waals surface area contributed by atoms with Crippen molar-refractivity contribution >= 4 is 43.8 Å². The van der Waals surface area contributed by atoms with Crippen LogP contribution in [0.15, 0.2) is 38.2 Å². The van der Waals surface area contributed by atoms with Gasteiger partial charge in [0.2, 0.25) is 0 Å². The van der Waals surface area contributed by atoms with E-state index in [1.165, 1.54) is 0 Å². The second-order valence-electron chi connectivity index (χ2n) is 5.44. The summed E-state index contributed by atoms with van der Waals surface area (Å²) in [6.45, 7) is 5.94. The van der Waals surface area contributed by atoms with Crippen LogP contribution < -0.4 is 0 Å². The second kappa shape index (κ2) is 6.84. The number of aliphatic imine (C=N–C) groups is 1. The van der Waals surface area contributed by atoms with Gasteiger partial charge in [-0.3, -0.25) is 4.99 Å². The van der Waals surface area contributed by atoms with E-state index in [0.29, 0.717) is 15.8 Å². The highest BCUT2D eigenvalue weighted by molar-refractivity contribution is 9.11. The molecule has 2 N–H and O–H groups in total. The van der Waals surface area contributed by atoms with E-state index in [0.717, 1.165) is 21.3 Å². The molecule has 22 heavy (non-hydrogen) atoms. The summed E-state index contributed by atoms with van der Waals surface area (Å²) in [5, 5.41) is 20.0. The Balaban J connectivity index is 2.45. The highest BCUT2D eigenvalue weighted by Gasteiger charge is 2.10. The summed E-state index contributed by atoms with van der Waals surface area (Å²) in [6, 6.07) is 7.17. The van der Waals surface area contributed by atoms with Gasteiger partial charge in [-0.15, -0.1) is 0 Å². The van der Waals surface area contributed by atoms with Gasteiger partial charge in [0.25, 0.3) is 0 Å². The number of aryl methyl sites for hydroxylation is 1.